The molecule has 0 spiro atoms. The summed E-state index contributed by atoms with van der Waals surface area (Å²) in [5.74, 6) is 2.31. The lowest BCUT2D eigenvalue weighted by Gasteiger charge is -2.35. The summed E-state index contributed by atoms with van der Waals surface area (Å²) < 4.78 is 0. The minimum atomic E-state index is 0.404. The van der Waals surface area contributed by atoms with Crippen LogP contribution < -0.4 is 0 Å². The van der Waals surface area contributed by atoms with Gasteiger partial charge in [0.05, 0.1) is 0 Å². The van der Waals surface area contributed by atoms with E-state index in [0.717, 1.165) is 37.8 Å². The van der Waals surface area contributed by atoms with Crippen molar-refractivity contribution in [1.82, 2.24) is 4.90 Å². The van der Waals surface area contributed by atoms with Crippen LogP contribution in [0.5, 0.6) is 0 Å². The van der Waals surface area contributed by atoms with Crippen molar-refractivity contribution in [2.45, 2.75) is 39.5 Å². The van der Waals surface area contributed by atoms with Gasteiger partial charge in [-0.05, 0) is 37.5 Å². The van der Waals surface area contributed by atoms with Gasteiger partial charge in [-0.3, -0.25) is 4.79 Å². The van der Waals surface area contributed by atoms with E-state index in [2.05, 4.69) is 18.7 Å². The van der Waals surface area contributed by atoms with Gasteiger partial charge in [0.15, 0.2) is 0 Å². The normalized spacial score (nSPS) is 28.2. The van der Waals surface area contributed by atoms with Crippen molar-refractivity contribution in [3.63, 3.8) is 0 Å². The summed E-state index contributed by atoms with van der Waals surface area (Å²) in [6, 6.07) is 0. The second kappa shape index (κ2) is 3.92. The molecule has 1 aliphatic carbocycles. The Morgan fingerprint density at radius 3 is 2.57 bits per heavy atom. The average molecular weight is 195 g/mol. The van der Waals surface area contributed by atoms with E-state index >= 15 is 0 Å². The fourth-order valence-electron chi connectivity index (χ4n) is 2.34. The Bertz CT molecular complexity index is 220. The number of hydrogen-bond acceptors (Lipinski definition) is 1. The molecule has 14 heavy (non-hydrogen) atoms. The smallest absolute Gasteiger partial charge is 0.225 e. The maximum Gasteiger partial charge on any atom is 0.225 e. The van der Waals surface area contributed by atoms with E-state index in [9.17, 15) is 4.79 Å². The molecular weight excluding hydrogens is 174 g/mol. The third kappa shape index (κ3) is 2.10. The molecule has 0 unspecified atom stereocenters. The van der Waals surface area contributed by atoms with Gasteiger partial charge in [0.25, 0.3) is 0 Å². The van der Waals surface area contributed by atoms with E-state index in [4.69, 9.17) is 0 Å². The Labute approximate surface area is 86.7 Å². The first-order valence-electron chi connectivity index (χ1n) is 5.97. The highest BCUT2D eigenvalue weighted by atomic mass is 16.2. The summed E-state index contributed by atoms with van der Waals surface area (Å²) in [4.78, 5) is 14.0. The molecule has 1 amide bonds. The molecule has 1 saturated carbocycles. The lowest BCUT2D eigenvalue weighted by Crippen LogP contribution is -2.42. The van der Waals surface area contributed by atoms with Crippen LogP contribution in [-0.2, 0) is 4.79 Å². The minimum absolute atomic E-state index is 0.404. The summed E-state index contributed by atoms with van der Waals surface area (Å²) in [6.07, 6.45) is 4.80. The Hall–Kier alpha value is -0.530. The Kier molecular flexibility index (Phi) is 2.80. The molecule has 2 fully saturated rings. The van der Waals surface area contributed by atoms with Gasteiger partial charge >= 0.3 is 0 Å². The molecule has 2 rings (SSSR count). The predicted octanol–water partition coefficient (Wildman–Crippen LogP) is 2.29. The Balaban J connectivity index is 1.89. The number of piperidine rings is 1. The molecule has 80 valence electrons. The molecule has 0 bridgehead atoms. The fraction of sp³-hybridized carbons (Fsp3) is 0.917. The molecule has 0 aromatic heterocycles. The summed E-state index contributed by atoms with van der Waals surface area (Å²) in [7, 11) is 0. The van der Waals surface area contributed by atoms with Crippen LogP contribution in [-0.4, -0.2) is 23.9 Å². The number of amides is 1. The van der Waals surface area contributed by atoms with E-state index in [1.54, 1.807) is 0 Å². The standard InChI is InChI=1S/C12H21NO/c1-9(2)11-4-3-7-13(8-11)12(14)10-5-6-10/h9-11H,3-8H2,1-2H3/t11-/m1/s1. The molecule has 0 N–H and O–H groups in total. The number of carbonyl (C=O) groups is 1. The van der Waals surface area contributed by atoms with E-state index in [1.165, 1.54) is 12.8 Å². The highest BCUT2D eigenvalue weighted by Crippen LogP contribution is 2.33. The van der Waals surface area contributed by atoms with Crippen LogP contribution >= 0.6 is 0 Å². The van der Waals surface area contributed by atoms with Crippen LogP contribution in [0.1, 0.15) is 39.5 Å². The van der Waals surface area contributed by atoms with Crippen molar-refractivity contribution in [3.8, 4) is 0 Å². The lowest BCUT2D eigenvalue weighted by atomic mass is 9.88. The van der Waals surface area contributed by atoms with Crippen molar-refractivity contribution in [2.75, 3.05) is 13.1 Å². The zero-order valence-electron chi connectivity index (χ0n) is 9.33. The number of likely N-dealkylation sites (tertiary alicyclic amines) is 1. The molecule has 2 heteroatoms. The van der Waals surface area contributed by atoms with Gasteiger partial charge in [0, 0.05) is 19.0 Å². The first kappa shape index (κ1) is 10.0. The molecule has 1 saturated heterocycles. The van der Waals surface area contributed by atoms with Crippen molar-refractivity contribution in [1.29, 1.82) is 0 Å². The molecule has 0 aromatic rings. The average Bonchev–Trinajstić information content (AvgIpc) is 3.00. The Morgan fingerprint density at radius 1 is 1.29 bits per heavy atom. The summed E-state index contributed by atoms with van der Waals surface area (Å²) in [6.45, 7) is 6.58. The third-order valence-corrected chi connectivity index (χ3v) is 3.64. The molecule has 0 radical (unpaired) electrons. The van der Waals surface area contributed by atoms with Crippen molar-refractivity contribution >= 4 is 5.91 Å². The molecule has 1 atom stereocenters. The molecule has 1 aliphatic heterocycles. The van der Waals surface area contributed by atoms with Crippen molar-refractivity contribution in [3.05, 3.63) is 0 Å². The number of rotatable bonds is 2. The first-order valence-corrected chi connectivity index (χ1v) is 5.97. The monoisotopic (exact) mass is 195 g/mol. The van der Waals surface area contributed by atoms with Gasteiger partial charge in [-0.25, -0.2) is 0 Å². The van der Waals surface area contributed by atoms with Gasteiger partial charge in [0.1, 0.15) is 0 Å². The van der Waals surface area contributed by atoms with Crippen LogP contribution in [0.25, 0.3) is 0 Å². The van der Waals surface area contributed by atoms with Crippen LogP contribution in [0.15, 0.2) is 0 Å². The number of carbonyl (C=O) groups excluding carboxylic acids is 1. The lowest BCUT2D eigenvalue weighted by molar-refractivity contribution is -0.134. The van der Waals surface area contributed by atoms with Gasteiger partial charge in [-0.2, -0.15) is 0 Å². The van der Waals surface area contributed by atoms with Crippen LogP contribution in [0.2, 0.25) is 0 Å². The largest absolute Gasteiger partial charge is 0.342 e. The predicted molar refractivity (Wildman–Crippen MR) is 56.9 cm³/mol. The summed E-state index contributed by atoms with van der Waals surface area (Å²) in [5, 5.41) is 0. The van der Waals surface area contributed by atoms with E-state index in [1.807, 2.05) is 0 Å². The first-order chi connectivity index (χ1) is 6.68. The van der Waals surface area contributed by atoms with Crippen LogP contribution in [0, 0.1) is 17.8 Å². The van der Waals surface area contributed by atoms with E-state index < -0.39 is 0 Å². The molecule has 1 heterocycles. The van der Waals surface area contributed by atoms with E-state index in [-0.39, 0.29) is 0 Å². The van der Waals surface area contributed by atoms with Crippen LogP contribution in [0.4, 0.5) is 0 Å². The molecule has 0 aromatic carbocycles. The quantitative estimate of drug-likeness (QED) is 0.662. The van der Waals surface area contributed by atoms with Gasteiger partial charge in [-0.1, -0.05) is 13.8 Å². The molecule has 2 nitrogen and oxygen atoms in total. The second-order valence-corrected chi connectivity index (χ2v) is 5.20. The van der Waals surface area contributed by atoms with Gasteiger partial charge < -0.3 is 4.90 Å². The topological polar surface area (TPSA) is 20.3 Å². The third-order valence-electron chi connectivity index (χ3n) is 3.64. The van der Waals surface area contributed by atoms with Crippen LogP contribution in [0.3, 0.4) is 0 Å². The zero-order chi connectivity index (χ0) is 10.1. The SMILES string of the molecule is CC(C)[C@@H]1CCCN(C(=O)C2CC2)C1. The minimum Gasteiger partial charge on any atom is -0.342 e. The number of nitrogens with zero attached hydrogens (tertiary/aromatic N) is 1. The van der Waals surface area contributed by atoms with Crippen molar-refractivity contribution in [2.24, 2.45) is 17.8 Å². The highest BCUT2D eigenvalue weighted by molar-refractivity contribution is 5.81. The molecular formula is C12H21NO. The highest BCUT2D eigenvalue weighted by Gasteiger charge is 2.35. The Morgan fingerprint density at radius 2 is 2.00 bits per heavy atom. The summed E-state index contributed by atoms with van der Waals surface area (Å²) in [5.41, 5.74) is 0. The summed E-state index contributed by atoms with van der Waals surface area (Å²) >= 11 is 0. The fourth-order valence-corrected chi connectivity index (χ4v) is 2.34. The van der Waals surface area contributed by atoms with Gasteiger partial charge in [-0.15, -0.1) is 0 Å². The van der Waals surface area contributed by atoms with Crippen molar-refractivity contribution < 1.29 is 4.79 Å². The maximum atomic E-state index is 11.9. The maximum absolute atomic E-state index is 11.9. The molecule has 2 aliphatic rings. The van der Waals surface area contributed by atoms with E-state index in [0.29, 0.717) is 11.8 Å². The second-order valence-electron chi connectivity index (χ2n) is 5.20. The number of hydrogen-bond donors (Lipinski definition) is 0. The van der Waals surface area contributed by atoms with Gasteiger partial charge in [0.2, 0.25) is 5.91 Å². The zero-order valence-corrected chi connectivity index (χ0v) is 9.33.